The summed E-state index contributed by atoms with van der Waals surface area (Å²) in [7, 11) is 1.36. The molecule has 0 unspecified atom stereocenters. The van der Waals surface area contributed by atoms with Crippen molar-refractivity contribution in [1.82, 2.24) is 15.5 Å². The number of nitrogens with zero attached hydrogens (tertiary/aromatic N) is 2. The molecule has 1 N–H and O–H groups in total. The fourth-order valence-corrected chi connectivity index (χ4v) is 2.52. The zero-order valence-electron chi connectivity index (χ0n) is 14.1. The summed E-state index contributed by atoms with van der Waals surface area (Å²) in [6.07, 6.45) is 0. The lowest BCUT2D eigenvalue weighted by molar-refractivity contribution is -0.143. The van der Waals surface area contributed by atoms with Gasteiger partial charge in [-0.1, -0.05) is 59.3 Å². The highest BCUT2D eigenvalue weighted by Crippen LogP contribution is 2.18. The quantitative estimate of drug-likeness (QED) is 0.697. The SMILES string of the molecule is COC(=O)[C@@H](NCc1nc(-c2cccc(C)c2)no1)c1ccccc1. The molecule has 0 bridgehead atoms. The molecule has 0 aliphatic rings. The largest absolute Gasteiger partial charge is 0.468 e. The number of aryl methyl sites for hydroxylation is 1. The van der Waals surface area contributed by atoms with Crippen LogP contribution >= 0.6 is 0 Å². The molecule has 6 heteroatoms. The molecule has 0 radical (unpaired) electrons. The van der Waals surface area contributed by atoms with Gasteiger partial charge >= 0.3 is 5.97 Å². The molecule has 0 amide bonds. The van der Waals surface area contributed by atoms with Crippen molar-refractivity contribution >= 4 is 5.97 Å². The van der Waals surface area contributed by atoms with Gasteiger partial charge in [-0.15, -0.1) is 0 Å². The summed E-state index contributed by atoms with van der Waals surface area (Å²) in [6.45, 7) is 2.26. The van der Waals surface area contributed by atoms with Gasteiger partial charge in [-0.2, -0.15) is 4.98 Å². The molecule has 1 atom stereocenters. The second-order valence-corrected chi connectivity index (χ2v) is 5.63. The van der Waals surface area contributed by atoms with Gasteiger partial charge < -0.3 is 9.26 Å². The molecule has 3 aromatic rings. The number of aromatic nitrogens is 2. The Morgan fingerprint density at radius 3 is 2.72 bits per heavy atom. The molecule has 3 rings (SSSR count). The Kier molecular flexibility index (Phi) is 5.20. The van der Waals surface area contributed by atoms with Crippen LogP contribution < -0.4 is 5.32 Å². The standard InChI is InChI=1S/C19H19N3O3/c1-13-7-6-10-15(11-13)18-21-16(25-22-18)12-20-17(19(23)24-2)14-8-4-3-5-9-14/h3-11,17,20H,12H2,1-2H3/t17-/m0/s1. The third kappa shape index (κ3) is 4.10. The highest BCUT2D eigenvalue weighted by molar-refractivity contribution is 5.77. The Morgan fingerprint density at radius 2 is 2.00 bits per heavy atom. The van der Waals surface area contributed by atoms with Gasteiger partial charge in [0.2, 0.25) is 11.7 Å². The normalized spacial score (nSPS) is 11.9. The number of hydrogen-bond acceptors (Lipinski definition) is 6. The molecular formula is C19H19N3O3. The highest BCUT2D eigenvalue weighted by atomic mass is 16.5. The number of nitrogens with one attached hydrogen (secondary N) is 1. The smallest absolute Gasteiger partial charge is 0.327 e. The Morgan fingerprint density at radius 1 is 1.20 bits per heavy atom. The first-order chi connectivity index (χ1) is 12.2. The molecule has 0 saturated carbocycles. The van der Waals surface area contributed by atoms with E-state index < -0.39 is 6.04 Å². The van der Waals surface area contributed by atoms with E-state index in [0.29, 0.717) is 11.7 Å². The van der Waals surface area contributed by atoms with E-state index in [9.17, 15) is 4.79 Å². The van der Waals surface area contributed by atoms with Crippen molar-refractivity contribution in [2.45, 2.75) is 19.5 Å². The van der Waals surface area contributed by atoms with E-state index in [4.69, 9.17) is 9.26 Å². The second kappa shape index (κ2) is 7.72. The Bertz CT molecular complexity index is 846. The van der Waals surface area contributed by atoms with E-state index in [1.54, 1.807) is 0 Å². The first-order valence-electron chi connectivity index (χ1n) is 7.93. The van der Waals surface area contributed by atoms with Gasteiger partial charge in [0.05, 0.1) is 13.7 Å². The average molecular weight is 337 g/mol. The lowest BCUT2D eigenvalue weighted by Crippen LogP contribution is -2.29. The van der Waals surface area contributed by atoms with Gasteiger partial charge in [-0.05, 0) is 18.6 Å². The van der Waals surface area contributed by atoms with Gasteiger partial charge in [0.25, 0.3) is 0 Å². The minimum atomic E-state index is -0.597. The lowest BCUT2D eigenvalue weighted by Gasteiger charge is -2.15. The van der Waals surface area contributed by atoms with Crippen LogP contribution in [-0.4, -0.2) is 23.2 Å². The number of hydrogen-bond donors (Lipinski definition) is 1. The van der Waals surface area contributed by atoms with Crippen LogP contribution in [0.3, 0.4) is 0 Å². The molecule has 6 nitrogen and oxygen atoms in total. The summed E-state index contributed by atoms with van der Waals surface area (Å²) >= 11 is 0. The molecule has 25 heavy (non-hydrogen) atoms. The summed E-state index contributed by atoms with van der Waals surface area (Å²) < 4.78 is 10.2. The number of carbonyl (C=O) groups excluding carboxylic acids is 1. The summed E-state index contributed by atoms with van der Waals surface area (Å²) in [4.78, 5) is 16.4. The predicted octanol–water partition coefficient (Wildman–Crippen LogP) is 3.05. The maximum Gasteiger partial charge on any atom is 0.327 e. The van der Waals surface area contributed by atoms with Crippen molar-refractivity contribution in [3.05, 3.63) is 71.6 Å². The number of ether oxygens (including phenoxy) is 1. The monoisotopic (exact) mass is 337 g/mol. The van der Waals surface area contributed by atoms with Crippen LogP contribution in [0.1, 0.15) is 23.1 Å². The molecule has 0 spiro atoms. The van der Waals surface area contributed by atoms with Crippen molar-refractivity contribution in [3.63, 3.8) is 0 Å². The van der Waals surface area contributed by atoms with Gasteiger partial charge in [0.15, 0.2) is 0 Å². The molecule has 0 fully saturated rings. The molecule has 0 aliphatic heterocycles. The highest BCUT2D eigenvalue weighted by Gasteiger charge is 2.21. The predicted molar refractivity (Wildman–Crippen MR) is 92.5 cm³/mol. The van der Waals surface area contributed by atoms with Crippen LogP contribution in [0.4, 0.5) is 0 Å². The van der Waals surface area contributed by atoms with Crippen molar-refractivity contribution < 1.29 is 14.1 Å². The van der Waals surface area contributed by atoms with Crippen LogP contribution in [0.25, 0.3) is 11.4 Å². The Balaban J connectivity index is 1.72. The van der Waals surface area contributed by atoms with E-state index in [1.165, 1.54) is 7.11 Å². The van der Waals surface area contributed by atoms with Crippen LogP contribution in [0, 0.1) is 6.92 Å². The second-order valence-electron chi connectivity index (χ2n) is 5.63. The molecular weight excluding hydrogens is 318 g/mol. The van der Waals surface area contributed by atoms with E-state index >= 15 is 0 Å². The molecule has 0 aliphatic carbocycles. The van der Waals surface area contributed by atoms with Gasteiger partial charge in [0.1, 0.15) is 6.04 Å². The van der Waals surface area contributed by atoms with Crippen LogP contribution in [-0.2, 0) is 16.1 Å². The van der Waals surface area contributed by atoms with Crippen molar-refractivity contribution in [1.29, 1.82) is 0 Å². The molecule has 1 aromatic heterocycles. The lowest BCUT2D eigenvalue weighted by atomic mass is 10.1. The average Bonchev–Trinajstić information content (AvgIpc) is 3.11. The topological polar surface area (TPSA) is 77.2 Å². The maximum atomic E-state index is 12.0. The summed E-state index contributed by atoms with van der Waals surface area (Å²) in [6, 6.07) is 16.6. The zero-order valence-corrected chi connectivity index (χ0v) is 14.1. The number of benzene rings is 2. The minimum Gasteiger partial charge on any atom is -0.468 e. The molecule has 2 aromatic carbocycles. The fraction of sp³-hybridized carbons (Fsp3) is 0.211. The zero-order chi connectivity index (χ0) is 17.6. The summed E-state index contributed by atoms with van der Waals surface area (Å²) in [5.74, 6) is 0.556. The van der Waals surface area contributed by atoms with Crippen LogP contribution in [0.5, 0.6) is 0 Å². The van der Waals surface area contributed by atoms with Crippen molar-refractivity contribution in [2.75, 3.05) is 7.11 Å². The number of methoxy groups -OCH3 is 1. The number of esters is 1. The summed E-state index contributed by atoms with van der Waals surface area (Å²) in [5, 5.41) is 7.11. The number of carbonyl (C=O) groups is 1. The molecule has 1 heterocycles. The van der Waals surface area contributed by atoms with Gasteiger partial charge in [-0.3, -0.25) is 5.32 Å². The van der Waals surface area contributed by atoms with Crippen molar-refractivity contribution in [2.24, 2.45) is 0 Å². The first kappa shape index (κ1) is 16.9. The van der Waals surface area contributed by atoms with E-state index in [1.807, 2.05) is 61.5 Å². The first-order valence-corrected chi connectivity index (χ1v) is 7.93. The van der Waals surface area contributed by atoms with Gasteiger partial charge in [-0.25, -0.2) is 4.79 Å². The molecule has 128 valence electrons. The minimum absolute atomic E-state index is 0.257. The maximum absolute atomic E-state index is 12.0. The van der Waals surface area contributed by atoms with Crippen LogP contribution in [0.2, 0.25) is 0 Å². The van der Waals surface area contributed by atoms with Crippen LogP contribution in [0.15, 0.2) is 59.1 Å². The van der Waals surface area contributed by atoms with E-state index in [0.717, 1.165) is 16.7 Å². The Labute approximate surface area is 145 Å². The van der Waals surface area contributed by atoms with Gasteiger partial charge in [0, 0.05) is 5.56 Å². The van der Waals surface area contributed by atoms with Crippen molar-refractivity contribution in [3.8, 4) is 11.4 Å². The van der Waals surface area contributed by atoms with E-state index in [-0.39, 0.29) is 12.5 Å². The Hall–Kier alpha value is -2.99. The fourth-order valence-electron chi connectivity index (χ4n) is 2.52. The van der Waals surface area contributed by atoms with E-state index in [2.05, 4.69) is 15.5 Å². The summed E-state index contributed by atoms with van der Waals surface area (Å²) in [5.41, 5.74) is 2.83. The third-order valence-electron chi connectivity index (χ3n) is 3.77. The third-order valence-corrected chi connectivity index (χ3v) is 3.77. The number of rotatable bonds is 6. The molecule has 0 saturated heterocycles.